The lowest BCUT2D eigenvalue weighted by Gasteiger charge is -2.04. The van der Waals surface area contributed by atoms with Crippen LogP contribution in [0.15, 0.2) is 70.3 Å². The lowest BCUT2D eigenvalue weighted by Crippen LogP contribution is -2.14. The Bertz CT molecular complexity index is 1080. The molecule has 9 heteroatoms. The lowest BCUT2D eigenvalue weighted by molar-refractivity contribution is -0.113. The summed E-state index contributed by atoms with van der Waals surface area (Å²) in [6.45, 7) is 0. The quantitative estimate of drug-likeness (QED) is 0.503. The largest absolute Gasteiger partial charge is 0.330 e. The maximum atomic E-state index is 12.1. The van der Waals surface area contributed by atoms with Crippen molar-refractivity contribution >= 4 is 23.4 Å². The summed E-state index contributed by atoms with van der Waals surface area (Å²) in [4.78, 5) is 16.5. The van der Waals surface area contributed by atoms with Crippen molar-refractivity contribution in [1.82, 2.24) is 24.9 Å². The molecule has 28 heavy (non-hydrogen) atoms. The zero-order chi connectivity index (χ0) is 19.3. The fourth-order valence-corrected chi connectivity index (χ4v) is 3.21. The third kappa shape index (κ3) is 3.94. The lowest BCUT2D eigenvalue weighted by atomic mass is 10.2. The topological polar surface area (TPSA) is 98.7 Å². The molecule has 1 N–H and O–H groups in total. The Labute approximate surface area is 165 Å². The minimum atomic E-state index is -0.120. The van der Waals surface area contributed by atoms with Gasteiger partial charge in [0.2, 0.25) is 17.6 Å². The van der Waals surface area contributed by atoms with Crippen LogP contribution >= 0.6 is 11.8 Å². The van der Waals surface area contributed by atoms with Gasteiger partial charge in [-0.2, -0.15) is 4.98 Å². The molecule has 0 spiro atoms. The van der Waals surface area contributed by atoms with E-state index in [1.165, 1.54) is 11.8 Å². The van der Waals surface area contributed by atoms with E-state index in [2.05, 4.69) is 25.7 Å². The van der Waals surface area contributed by atoms with Gasteiger partial charge >= 0.3 is 0 Å². The fourth-order valence-electron chi connectivity index (χ4n) is 2.49. The number of hydrogen-bond donors (Lipinski definition) is 1. The number of anilines is 1. The second kappa shape index (κ2) is 8.05. The second-order valence-electron chi connectivity index (χ2n) is 5.86. The van der Waals surface area contributed by atoms with E-state index in [0.717, 1.165) is 11.3 Å². The van der Waals surface area contributed by atoms with E-state index in [1.54, 1.807) is 11.6 Å². The Morgan fingerprint density at radius 2 is 1.79 bits per heavy atom. The summed E-state index contributed by atoms with van der Waals surface area (Å²) in [6.07, 6.45) is 0. The highest BCUT2D eigenvalue weighted by molar-refractivity contribution is 7.99. The molecule has 2 aromatic heterocycles. The van der Waals surface area contributed by atoms with Crippen LogP contribution in [-0.2, 0) is 11.8 Å². The molecule has 0 saturated heterocycles. The van der Waals surface area contributed by atoms with E-state index >= 15 is 0 Å². The predicted molar refractivity (Wildman–Crippen MR) is 106 cm³/mol. The van der Waals surface area contributed by atoms with Gasteiger partial charge in [0.15, 0.2) is 5.16 Å². The van der Waals surface area contributed by atoms with Gasteiger partial charge in [-0.15, -0.1) is 10.2 Å². The molecule has 4 aromatic rings. The van der Waals surface area contributed by atoms with E-state index in [4.69, 9.17) is 4.52 Å². The van der Waals surface area contributed by atoms with Crippen LogP contribution in [0.25, 0.3) is 23.1 Å². The standard InChI is InChI=1S/C19H16N6O2S/c1-25-17(18-21-16(24-27-18)13-8-4-2-5-9-13)22-23-19(25)28-12-15(26)20-14-10-6-3-7-11-14/h2-11H,12H2,1H3,(H,20,26). The minimum absolute atomic E-state index is 0.120. The maximum Gasteiger partial charge on any atom is 0.296 e. The van der Waals surface area contributed by atoms with Crippen molar-refractivity contribution in [3.8, 4) is 23.1 Å². The van der Waals surface area contributed by atoms with Crippen molar-refractivity contribution in [1.29, 1.82) is 0 Å². The first-order valence-corrected chi connectivity index (χ1v) is 9.46. The number of nitrogens with one attached hydrogen (secondary N) is 1. The smallest absolute Gasteiger partial charge is 0.296 e. The number of benzene rings is 2. The average Bonchev–Trinajstić information content (AvgIpc) is 3.35. The van der Waals surface area contributed by atoms with Gasteiger partial charge < -0.3 is 14.4 Å². The Morgan fingerprint density at radius 1 is 1.07 bits per heavy atom. The number of carbonyl (C=O) groups is 1. The zero-order valence-electron chi connectivity index (χ0n) is 14.9. The van der Waals surface area contributed by atoms with Gasteiger partial charge in [0, 0.05) is 18.3 Å². The number of carbonyl (C=O) groups excluding carboxylic acids is 1. The number of aromatic nitrogens is 5. The molecule has 0 aliphatic carbocycles. The van der Waals surface area contributed by atoms with Crippen LogP contribution in [0.4, 0.5) is 5.69 Å². The molecule has 0 fully saturated rings. The molecule has 8 nitrogen and oxygen atoms in total. The van der Waals surface area contributed by atoms with Gasteiger partial charge in [-0.1, -0.05) is 65.4 Å². The number of hydrogen-bond acceptors (Lipinski definition) is 7. The van der Waals surface area contributed by atoms with Crippen LogP contribution in [-0.4, -0.2) is 36.6 Å². The molecule has 0 saturated carbocycles. The van der Waals surface area contributed by atoms with E-state index in [1.807, 2.05) is 60.7 Å². The Balaban J connectivity index is 1.43. The van der Waals surface area contributed by atoms with Crippen molar-refractivity contribution in [3.63, 3.8) is 0 Å². The molecule has 4 rings (SSSR count). The third-order valence-electron chi connectivity index (χ3n) is 3.87. The number of rotatable bonds is 6. The predicted octanol–water partition coefficient (Wildman–Crippen LogP) is 3.26. The van der Waals surface area contributed by atoms with Crippen molar-refractivity contribution < 1.29 is 9.32 Å². The molecule has 0 unspecified atom stereocenters. The summed E-state index contributed by atoms with van der Waals surface area (Å²) >= 11 is 1.28. The minimum Gasteiger partial charge on any atom is -0.330 e. The molecular formula is C19H16N6O2S. The molecule has 0 atom stereocenters. The van der Waals surface area contributed by atoms with E-state index < -0.39 is 0 Å². The summed E-state index contributed by atoms with van der Waals surface area (Å²) in [5, 5.41) is 15.7. The second-order valence-corrected chi connectivity index (χ2v) is 6.80. The highest BCUT2D eigenvalue weighted by atomic mass is 32.2. The number of amides is 1. The van der Waals surface area contributed by atoms with Gasteiger partial charge in [-0.25, -0.2) is 0 Å². The van der Waals surface area contributed by atoms with Gasteiger partial charge in [-0.05, 0) is 12.1 Å². The molecular weight excluding hydrogens is 376 g/mol. The van der Waals surface area contributed by atoms with E-state index in [-0.39, 0.29) is 17.6 Å². The molecule has 0 bridgehead atoms. The SMILES string of the molecule is Cn1c(SCC(=O)Nc2ccccc2)nnc1-c1nc(-c2ccccc2)no1. The van der Waals surface area contributed by atoms with Gasteiger partial charge in [-0.3, -0.25) is 4.79 Å². The molecule has 140 valence electrons. The van der Waals surface area contributed by atoms with Gasteiger partial charge in [0.05, 0.1) is 5.75 Å². The van der Waals surface area contributed by atoms with Crippen LogP contribution in [0.1, 0.15) is 0 Å². The molecule has 2 heterocycles. The number of nitrogens with zero attached hydrogens (tertiary/aromatic N) is 5. The normalized spacial score (nSPS) is 10.8. The first-order valence-electron chi connectivity index (χ1n) is 8.47. The first-order chi connectivity index (χ1) is 13.7. The Morgan fingerprint density at radius 3 is 2.54 bits per heavy atom. The zero-order valence-corrected chi connectivity index (χ0v) is 15.8. The van der Waals surface area contributed by atoms with Crippen molar-refractivity contribution in [3.05, 3.63) is 60.7 Å². The molecule has 0 aliphatic rings. The number of thioether (sulfide) groups is 1. The summed E-state index contributed by atoms with van der Waals surface area (Å²) in [5.74, 6) is 1.29. The summed E-state index contributed by atoms with van der Waals surface area (Å²) in [5.41, 5.74) is 1.61. The van der Waals surface area contributed by atoms with Crippen LogP contribution in [0, 0.1) is 0 Å². The van der Waals surface area contributed by atoms with Crippen LogP contribution in [0.3, 0.4) is 0 Å². The van der Waals surface area contributed by atoms with Crippen molar-refractivity contribution in [2.24, 2.45) is 7.05 Å². The van der Waals surface area contributed by atoms with Crippen LogP contribution in [0.2, 0.25) is 0 Å². The Kier molecular flexibility index (Phi) is 5.16. The van der Waals surface area contributed by atoms with E-state index in [9.17, 15) is 4.79 Å². The van der Waals surface area contributed by atoms with Gasteiger partial charge in [0.1, 0.15) is 0 Å². The fraction of sp³-hybridized carbons (Fsp3) is 0.105. The number of para-hydroxylation sites is 1. The maximum absolute atomic E-state index is 12.1. The molecule has 0 aliphatic heterocycles. The van der Waals surface area contributed by atoms with Crippen molar-refractivity contribution in [2.75, 3.05) is 11.1 Å². The van der Waals surface area contributed by atoms with Crippen molar-refractivity contribution in [2.45, 2.75) is 5.16 Å². The first kappa shape index (κ1) is 17.9. The molecule has 1 amide bonds. The third-order valence-corrected chi connectivity index (χ3v) is 4.89. The molecule has 2 aromatic carbocycles. The van der Waals surface area contributed by atoms with Gasteiger partial charge in [0.25, 0.3) is 5.89 Å². The summed E-state index contributed by atoms with van der Waals surface area (Å²) in [7, 11) is 1.79. The van der Waals surface area contributed by atoms with E-state index in [0.29, 0.717) is 16.8 Å². The molecule has 0 radical (unpaired) electrons. The van der Waals surface area contributed by atoms with Crippen LogP contribution < -0.4 is 5.32 Å². The summed E-state index contributed by atoms with van der Waals surface area (Å²) in [6, 6.07) is 18.8. The highest BCUT2D eigenvalue weighted by Gasteiger charge is 2.19. The Hall–Kier alpha value is -3.46. The summed E-state index contributed by atoms with van der Waals surface area (Å²) < 4.78 is 7.06. The monoisotopic (exact) mass is 392 g/mol. The average molecular weight is 392 g/mol. The highest BCUT2D eigenvalue weighted by Crippen LogP contribution is 2.24. The van der Waals surface area contributed by atoms with Crippen LogP contribution in [0.5, 0.6) is 0 Å².